The lowest BCUT2D eigenvalue weighted by molar-refractivity contribution is -0.0107. The number of aryl methyl sites for hydroxylation is 1. The predicted molar refractivity (Wildman–Crippen MR) is 140 cm³/mol. The van der Waals surface area contributed by atoms with Gasteiger partial charge in [-0.15, -0.1) is 0 Å². The van der Waals surface area contributed by atoms with E-state index in [1.165, 1.54) is 12.1 Å². The minimum atomic E-state index is -3.46. The minimum absolute atomic E-state index is 0.299. The number of piperidine rings is 3. The second kappa shape index (κ2) is 10.5. The molecule has 0 saturated carbocycles. The van der Waals surface area contributed by atoms with Crippen molar-refractivity contribution >= 4 is 15.7 Å². The first-order chi connectivity index (χ1) is 16.9. The molecule has 7 nitrogen and oxygen atoms in total. The first kappa shape index (κ1) is 24.6. The van der Waals surface area contributed by atoms with Gasteiger partial charge in [0.25, 0.3) is 0 Å². The molecule has 4 aliphatic rings. The lowest BCUT2D eigenvalue weighted by Gasteiger charge is -2.51. The summed E-state index contributed by atoms with van der Waals surface area (Å²) in [5.74, 6) is 2.30. The molecule has 4 saturated heterocycles. The number of anilines is 1. The topological polar surface area (TPSA) is 65.1 Å². The van der Waals surface area contributed by atoms with Crippen LogP contribution < -0.4 is 14.4 Å². The van der Waals surface area contributed by atoms with Gasteiger partial charge in [0.1, 0.15) is 5.75 Å². The monoisotopic (exact) mass is 498 g/mol. The van der Waals surface area contributed by atoms with Gasteiger partial charge in [-0.05, 0) is 62.4 Å². The van der Waals surface area contributed by atoms with Crippen LogP contribution in [-0.4, -0.2) is 83.7 Å². The Bertz CT molecular complexity index is 1100. The highest BCUT2D eigenvalue weighted by Gasteiger charge is 2.41. The third-order valence-corrected chi connectivity index (χ3v) is 9.58. The number of sulfonamides is 1. The number of rotatable bonds is 8. The molecule has 4 heterocycles. The Hall–Kier alpha value is -2.13. The number of methoxy groups -OCH3 is 1. The van der Waals surface area contributed by atoms with E-state index in [9.17, 15) is 8.42 Å². The van der Waals surface area contributed by atoms with E-state index in [-0.39, 0.29) is 0 Å². The summed E-state index contributed by atoms with van der Waals surface area (Å²) in [5, 5.41) is 0. The number of hydrogen-bond donors (Lipinski definition) is 1. The molecule has 1 N–H and O–H groups in total. The standard InChI is InChI=1S/C27H38N4O3S/c1-21-7-9-25(10-8-21)35(32,33)28-18-24-17-22-11-12-31(24)20-23(22)19-29-13-15-30(16-14-29)26-5-3-4-6-27(26)34-2/h3-10,22-24,28H,11-20H2,1-2H3/t22-,23+,24-/m1/s1. The third-order valence-electron chi connectivity index (χ3n) is 8.15. The summed E-state index contributed by atoms with van der Waals surface area (Å²) in [6.45, 7) is 9.94. The fraction of sp³-hybridized carbons (Fsp3) is 0.556. The number of ether oxygens (including phenoxy) is 1. The van der Waals surface area contributed by atoms with Crippen LogP contribution >= 0.6 is 0 Å². The summed E-state index contributed by atoms with van der Waals surface area (Å²) in [7, 11) is -1.72. The minimum Gasteiger partial charge on any atom is -0.495 e. The highest BCUT2D eigenvalue weighted by molar-refractivity contribution is 7.89. The van der Waals surface area contributed by atoms with E-state index in [2.05, 4.69) is 31.6 Å². The molecule has 4 fully saturated rings. The molecule has 8 heteroatoms. The summed E-state index contributed by atoms with van der Waals surface area (Å²) in [6.07, 6.45) is 2.31. The van der Waals surface area contributed by atoms with Gasteiger partial charge in [-0.3, -0.25) is 9.80 Å². The average molecular weight is 499 g/mol. The Morgan fingerprint density at radius 3 is 2.43 bits per heavy atom. The van der Waals surface area contributed by atoms with Crippen LogP contribution in [0.25, 0.3) is 0 Å². The number of piperazine rings is 1. The molecule has 2 aromatic carbocycles. The maximum Gasteiger partial charge on any atom is 0.240 e. The van der Waals surface area contributed by atoms with Crippen molar-refractivity contribution in [2.75, 3.05) is 64.4 Å². The van der Waals surface area contributed by atoms with Crippen molar-refractivity contribution in [1.29, 1.82) is 0 Å². The molecule has 0 aliphatic carbocycles. The summed E-state index contributed by atoms with van der Waals surface area (Å²) >= 11 is 0. The molecule has 0 amide bonds. The molecule has 2 aromatic rings. The summed E-state index contributed by atoms with van der Waals surface area (Å²) in [6, 6.07) is 15.7. The first-order valence-corrected chi connectivity index (χ1v) is 14.3. The van der Waals surface area contributed by atoms with Gasteiger partial charge < -0.3 is 9.64 Å². The maximum atomic E-state index is 12.7. The van der Waals surface area contributed by atoms with Crippen LogP contribution in [0.4, 0.5) is 5.69 Å². The highest BCUT2D eigenvalue weighted by Crippen LogP contribution is 2.37. The summed E-state index contributed by atoms with van der Waals surface area (Å²) in [4.78, 5) is 7.92. The van der Waals surface area contributed by atoms with Crippen molar-refractivity contribution in [3.05, 3.63) is 54.1 Å². The molecule has 2 bridgehead atoms. The number of benzene rings is 2. The van der Waals surface area contributed by atoms with Crippen molar-refractivity contribution in [1.82, 2.24) is 14.5 Å². The van der Waals surface area contributed by atoms with Gasteiger partial charge in [-0.2, -0.15) is 0 Å². The largest absolute Gasteiger partial charge is 0.495 e. The van der Waals surface area contributed by atoms with Crippen molar-refractivity contribution in [3.63, 3.8) is 0 Å². The van der Waals surface area contributed by atoms with Crippen molar-refractivity contribution in [2.24, 2.45) is 11.8 Å². The molecular formula is C27H38N4O3S. The predicted octanol–water partition coefficient (Wildman–Crippen LogP) is 2.81. The van der Waals surface area contributed by atoms with Crippen LogP contribution in [0.3, 0.4) is 0 Å². The Morgan fingerprint density at radius 2 is 1.74 bits per heavy atom. The fourth-order valence-electron chi connectivity index (χ4n) is 6.07. The lowest BCUT2D eigenvalue weighted by Crippen LogP contribution is -2.59. The maximum absolute atomic E-state index is 12.7. The van der Waals surface area contributed by atoms with Gasteiger partial charge >= 0.3 is 0 Å². The number of hydrogen-bond acceptors (Lipinski definition) is 6. The van der Waals surface area contributed by atoms with Crippen LogP contribution in [0.5, 0.6) is 5.75 Å². The van der Waals surface area contributed by atoms with Gasteiger partial charge in [0, 0.05) is 51.9 Å². The van der Waals surface area contributed by atoms with Crippen LogP contribution in [0, 0.1) is 18.8 Å². The van der Waals surface area contributed by atoms with Gasteiger partial charge in [-0.1, -0.05) is 29.8 Å². The number of nitrogens with one attached hydrogen (secondary N) is 1. The van der Waals surface area contributed by atoms with E-state index >= 15 is 0 Å². The summed E-state index contributed by atoms with van der Waals surface area (Å²) in [5.41, 5.74) is 2.25. The Kier molecular flexibility index (Phi) is 7.34. The molecule has 35 heavy (non-hydrogen) atoms. The molecule has 0 aromatic heterocycles. The average Bonchev–Trinajstić information content (AvgIpc) is 2.89. The van der Waals surface area contributed by atoms with E-state index in [1.807, 2.05) is 31.2 Å². The fourth-order valence-corrected chi connectivity index (χ4v) is 7.14. The van der Waals surface area contributed by atoms with Crippen LogP contribution in [0.2, 0.25) is 0 Å². The van der Waals surface area contributed by atoms with Crippen molar-refractivity contribution < 1.29 is 13.2 Å². The van der Waals surface area contributed by atoms with Gasteiger partial charge in [0.15, 0.2) is 0 Å². The quantitative estimate of drug-likeness (QED) is 0.604. The first-order valence-electron chi connectivity index (χ1n) is 12.8. The smallest absolute Gasteiger partial charge is 0.240 e. The second-order valence-electron chi connectivity index (χ2n) is 10.3. The van der Waals surface area contributed by atoms with Crippen LogP contribution in [-0.2, 0) is 10.0 Å². The number of para-hydroxylation sites is 2. The van der Waals surface area contributed by atoms with Crippen molar-refractivity contribution in [2.45, 2.75) is 30.7 Å². The molecule has 6 rings (SSSR count). The molecule has 1 unspecified atom stereocenters. The number of nitrogens with zero attached hydrogens (tertiary/aromatic N) is 3. The normalized spacial score (nSPS) is 27.2. The Morgan fingerprint density at radius 1 is 1.00 bits per heavy atom. The number of fused-ring (bicyclic) bond motifs is 3. The van der Waals surface area contributed by atoms with Gasteiger partial charge in [0.2, 0.25) is 10.0 Å². The van der Waals surface area contributed by atoms with E-state index in [0.29, 0.717) is 29.3 Å². The SMILES string of the molecule is COc1ccccc1N1CCN(C[C@H]2CN3CC[C@@H]2C[C@@H]3CNS(=O)(=O)c2ccc(C)cc2)CC1. The molecular weight excluding hydrogens is 460 g/mol. The molecule has 4 aliphatic heterocycles. The van der Waals surface area contributed by atoms with Crippen LogP contribution in [0.1, 0.15) is 18.4 Å². The van der Waals surface area contributed by atoms with Gasteiger partial charge in [0.05, 0.1) is 17.7 Å². The Labute approximate surface area is 210 Å². The second-order valence-corrected chi connectivity index (χ2v) is 12.1. The van der Waals surface area contributed by atoms with E-state index in [1.54, 1.807) is 19.2 Å². The zero-order valence-electron chi connectivity index (χ0n) is 20.9. The van der Waals surface area contributed by atoms with Crippen LogP contribution in [0.15, 0.2) is 53.4 Å². The van der Waals surface area contributed by atoms with E-state index in [0.717, 1.165) is 63.5 Å². The Balaban J connectivity index is 1.11. The molecule has 190 valence electrons. The van der Waals surface area contributed by atoms with Crippen molar-refractivity contribution in [3.8, 4) is 5.75 Å². The molecule has 0 spiro atoms. The third kappa shape index (κ3) is 5.50. The molecule has 0 radical (unpaired) electrons. The zero-order valence-corrected chi connectivity index (χ0v) is 21.7. The van der Waals surface area contributed by atoms with E-state index < -0.39 is 10.0 Å². The highest BCUT2D eigenvalue weighted by atomic mass is 32.2. The van der Waals surface area contributed by atoms with Gasteiger partial charge in [-0.25, -0.2) is 13.1 Å². The lowest BCUT2D eigenvalue weighted by atomic mass is 9.75. The zero-order chi connectivity index (χ0) is 24.4. The van der Waals surface area contributed by atoms with E-state index in [4.69, 9.17) is 4.74 Å². The molecule has 4 atom stereocenters. The summed E-state index contributed by atoms with van der Waals surface area (Å²) < 4.78 is 33.9.